The minimum absolute atomic E-state index is 0.402. The highest BCUT2D eigenvalue weighted by molar-refractivity contribution is 7.92. The van der Waals surface area contributed by atoms with Crippen molar-refractivity contribution in [1.82, 2.24) is 4.41 Å². The fourth-order valence-corrected chi connectivity index (χ4v) is 4.33. The Labute approximate surface area is 153 Å². The molecule has 0 aromatic heterocycles. The van der Waals surface area contributed by atoms with Crippen LogP contribution in [0.1, 0.15) is 23.6 Å². The van der Waals surface area contributed by atoms with Crippen LogP contribution in [0.2, 0.25) is 0 Å². The van der Waals surface area contributed by atoms with Gasteiger partial charge in [-0.2, -0.15) is 9.52 Å². The van der Waals surface area contributed by atoms with Gasteiger partial charge >= 0.3 is 0 Å². The zero-order chi connectivity index (χ0) is 18.9. The van der Waals surface area contributed by atoms with Gasteiger partial charge in [0.05, 0.1) is 24.3 Å². The average Bonchev–Trinajstić information content (AvgIpc) is 3.00. The third-order valence-corrected chi connectivity index (χ3v) is 5.52. The van der Waals surface area contributed by atoms with Gasteiger partial charge in [-0.05, 0) is 23.3 Å². The first-order valence-electron chi connectivity index (χ1n) is 7.83. The van der Waals surface area contributed by atoms with Gasteiger partial charge in [-0.3, -0.25) is 4.72 Å². The largest absolute Gasteiger partial charge is 0.284 e. The molecule has 1 N–H and O–H groups in total. The van der Waals surface area contributed by atoms with Crippen LogP contribution in [-0.2, 0) is 20.0 Å². The Kier molecular flexibility index (Phi) is 4.76. The first kappa shape index (κ1) is 18.4. The van der Waals surface area contributed by atoms with Gasteiger partial charge < -0.3 is 0 Å². The van der Waals surface area contributed by atoms with Crippen molar-refractivity contribution in [3.05, 3.63) is 65.7 Å². The van der Waals surface area contributed by atoms with Crippen LogP contribution in [0, 0.1) is 0 Å². The summed E-state index contributed by atoms with van der Waals surface area (Å²) in [7, 11) is -6.95. The molecule has 1 aliphatic rings. The molecule has 0 saturated heterocycles. The van der Waals surface area contributed by atoms with E-state index in [2.05, 4.69) is 9.82 Å². The molecule has 1 heterocycles. The maximum absolute atomic E-state index is 12.2. The van der Waals surface area contributed by atoms with Crippen molar-refractivity contribution in [1.29, 1.82) is 0 Å². The quantitative estimate of drug-likeness (QED) is 0.842. The molecule has 7 nitrogen and oxygen atoms in total. The number of benzene rings is 2. The number of hydrogen-bond acceptors (Lipinski definition) is 5. The number of rotatable bonds is 5. The van der Waals surface area contributed by atoms with Crippen molar-refractivity contribution < 1.29 is 16.8 Å². The molecule has 2 aromatic rings. The normalized spacial score (nSPS) is 17.8. The van der Waals surface area contributed by atoms with Crippen LogP contribution in [0.25, 0.3) is 0 Å². The molecule has 0 bridgehead atoms. The van der Waals surface area contributed by atoms with E-state index < -0.39 is 26.1 Å². The molecule has 0 aliphatic carbocycles. The van der Waals surface area contributed by atoms with Crippen LogP contribution in [0.4, 0.5) is 5.69 Å². The molecule has 0 radical (unpaired) electrons. The Bertz CT molecular complexity index is 1050. The molecule has 0 fully saturated rings. The molecule has 2 aromatic carbocycles. The summed E-state index contributed by atoms with van der Waals surface area (Å²) in [5.41, 5.74) is 2.51. The molecule has 0 unspecified atom stereocenters. The average molecular weight is 393 g/mol. The maximum Gasteiger partial charge on any atom is 0.247 e. The predicted molar refractivity (Wildman–Crippen MR) is 102 cm³/mol. The summed E-state index contributed by atoms with van der Waals surface area (Å²) in [6.07, 6.45) is 2.60. The molecule has 1 atom stereocenters. The monoisotopic (exact) mass is 393 g/mol. The Hall–Kier alpha value is -2.39. The van der Waals surface area contributed by atoms with Gasteiger partial charge in [0.25, 0.3) is 0 Å². The number of hydrogen-bond donors (Lipinski definition) is 1. The topological polar surface area (TPSA) is 95.9 Å². The Morgan fingerprint density at radius 1 is 1.00 bits per heavy atom. The Morgan fingerprint density at radius 2 is 1.69 bits per heavy atom. The Balaban J connectivity index is 1.97. The summed E-state index contributed by atoms with van der Waals surface area (Å²) in [5.74, 6) is 0. The van der Waals surface area contributed by atoms with E-state index in [1.165, 1.54) is 0 Å². The van der Waals surface area contributed by atoms with E-state index in [1.807, 2.05) is 30.3 Å². The number of sulfonamides is 2. The van der Waals surface area contributed by atoms with E-state index in [9.17, 15) is 16.8 Å². The minimum atomic E-state index is -3.55. The number of nitrogens with one attached hydrogen (secondary N) is 1. The third-order valence-electron chi connectivity index (χ3n) is 3.90. The third kappa shape index (κ3) is 4.23. The van der Waals surface area contributed by atoms with Crippen LogP contribution in [0.5, 0.6) is 0 Å². The lowest BCUT2D eigenvalue weighted by molar-refractivity contribution is 0.375. The molecular formula is C17H19N3O4S2. The molecule has 3 rings (SSSR count). The Morgan fingerprint density at radius 3 is 2.31 bits per heavy atom. The highest BCUT2D eigenvalue weighted by Gasteiger charge is 2.34. The van der Waals surface area contributed by atoms with E-state index >= 15 is 0 Å². The van der Waals surface area contributed by atoms with Crippen molar-refractivity contribution in [2.24, 2.45) is 5.10 Å². The van der Waals surface area contributed by atoms with Crippen molar-refractivity contribution in [2.75, 3.05) is 17.2 Å². The fourth-order valence-electron chi connectivity index (χ4n) is 2.87. The van der Waals surface area contributed by atoms with Gasteiger partial charge in [0.15, 0.2) is 0 Å². The van der Waals surface area contributed by atoms with Crippen LogP contribution in [0.3, 0.4) is 0 Å². The first-order chi connectivity index (χ1) is 12.1. The highest BCUT2D eigenvalue weighted by Crippen LogP contribution is 2.34. The van der Waals surface area contributed by atoms with Gasteiger partial charge in [0.1, 0.15) is 0 Å². The second-order valence-corrected chi connectivity index (χ2v) is 9.76. The molecule has 1 aliphatic heterocycles. The SMILES string of the molecule is CS(=O)(=O)Nc1cccc(C2=NN(S(C)(=O)=O)[C@H](c3ccccc3)C2)c1. The van der Waals surface area contributed by atoms with E-state index in [0.717, 1.165) is 22.5 Å². The van der Waals surface area contributed by atoms with Crippen molar-refractivity contribution in [3.63, 3.8) is 0 Å². The number of hydrazone groups is 1. The summed E-state index contributed by atoms with van der Waals surface area (Å²) < 4.78 is 50.7. The standard InChI is InChI=1S/C17H19N3O4S2/c1-25(21,22)19-15-10-6-9-14(11-15)16-12-17(13-7-4-3-5-8-13)20(18-16)26(2,23)24/h3-11,17,19H,12H2,1-2H3/t17-/m0/s1. The summed E-state index contributed by atoms with van der Waals surface area (Å²) in [5, 5.41) is 4.31. The van der Waals surface area contributed by atoms with Crippen LogP contribution in [-0.4, -0.2) is 39.5 Å². The lowest BCUT2D eigenvalue weighted by Crippen LogP contribution is -2.25. The second-order valence-electron chi connectivity index (χ2n) is 6.17. The summed E-state index contributed by atoms with van der Waals surface area (Å²) in [4.78, 5) is 0. The van der Waals surface area contributed by atoms with Crippen molar-refractivity contribution in [3.8, 4) is 0 Å². The predicted octanol–water partition coefficient (Wildman–Crippen LogP) is 2.17. The highest BCUT2D eigenvalue weighted by atomic mass is 32.2. The molecule has 26 heavy (non-hydrogen) atoms. The van der Waals surface area contributed by atoms with Crippen molar-refractivity contribution in [2.45, 2.75) is 12.5 Å². The lowest BCUT2D eigenvalue weighted by Gasteiger charge is -2.21. The maximum atomic E-state index is 12.2. The van der Waals surface area contributed by atoms with Gasteiger partial charge in [-0.15, -0.1) is 0 Å². The van der Waals surface area contributed by atoms with Crippen LogP contribution >= 0.6 is 0 Å². The van der Waals surface area contributed by atoms with Gasteiger partial charge in [0, 0.05) is 12.1 Å². The van der Waals surface area contributed by atoms with Gasteiger partial charge in [-0.1, -0.05) is 42.5 Å². The van der Waals surface area contributed by atoms with E-state index in [-0.39, 0.29) is 0 Å². The van der Waals surface area contributed by atoms with Crippen LogP contribution in [0.15, 0.2) is 59.7 Å². The summed E-state index contributed by atoms with van der Waals surface area (Å²) >= 11 is 0. The number of anilines is 1. The molecule has 0 saturated carbocycles. The summed E-state index contributed by atoms with van der Waals surface area (Å²) in [6, 6.07) is 15.6. The molecule has 0 amide bonds. The summed E-state index contributed by atoms with van der Waals surface area (Å²) in [6.45, 7) is 0. The molecule has 0 spiro atoms. The van der Waals surface area contributed by atoms with Crippen molar-refractivity contribution >= 4 is 31.4 Å². The second kappa shape index (κ2) is 6.73. The number of nitrogens with zero attached hydrogens (tertiary/aromatic N) is 2. The van der Waals surface area contributed by atoms with Gasteiger partial charge in [0.2, 0.25) is 20.0 Å². The lowest BCUT2D eigenvalue weighted by atomic mass is 9.99. The first-order valence-corrected chi connectivity index (χ1v) is 11.6. The smallest absolute Gasteiger partial charge is 0.247 e. The van der Waals surface area contributed by atoms with E-state index in [0.29, 0.717) is 23.4 Å². The fraction of sp³-hybridized carbons (Fsp3) is 0.235. The molecule has 9 heteroatoms. The van der Waals surface area contributed by atoms with E-state index in [4.69, 9.17) is 0 Å². The molecular weight excluding hydrogens is 374 g/mol. The molecule has 138 valence electrons. The zero-order valence-electron chi connectivity index (χ0n) is 14.3. The minimum Gasteiger partial charge on any atom is -0.284 e. The van der Waals surface area contributed by atoms with Crippen LogP contribution < -0.4 is 4.72 Å². The van der Waals surface area contributed by atoms with Gasteiger partial charge in [-0.25, -0.2) is 16.8 Å². The van der Waals surface area contributed by atoms with E-state index in [1.54, 1.807) is 24.3 Å². The zero-order valence-corrected chi connectivity index (χ0v) is 16.0.